The van der Waals surface area contributed by atoms with E-state index in [2.05, 4.69) is 12.0 Å². The van der Waals surface area contributed by atoms with Crippen molar-refractivity contribution in [3.63, 3.8) is 0 Å². The van der Waals surface area contributed by atoms with Crippen LogP contribution in [0.2, 0.25) is 0 Å². The number of hydrogen-bond acceptors (Lipinski definition) is 4. The fraction of sp³-hybridized carbons (Fsp3) is 0.379. The fourth-order valence-electron chi connectivity index (χ4n) is 5.42. The largest absolute Gasteiger partial charge is 0.477 e. The second-order valence-corrected chi connectivity index (χ2v) is 10.6. The van der Waals surface area contributed by atoms with Gasteiger partial charge in [-0.15, -0.1) is 5.10 Å². The number of carbonyl (C=O) groups excluding carboxylic acids is 2. The maximum absolute atomic E-state index is 13.6. The number of carbonyl (C=O) groups is 3. The highest BCUT2D eigenvalue weighted by atomic mass is 19.1. The van der Waals surface area contributed by atoms with Gasteiger partial charge in [-0.2, -0.15) is 0 Å². The van der Waals surface area contributed by atoms with Gasteiger partial charge in [0.1, 0.15) is 11.4 Å². The number of aromatic carboxylic acids is 1. The highest BCUT2D eigenvalue weighted by Crippen LogP contribution is 2.33. The Kier molecular flexibility index (Phi) is 6.77. The molecular formula is C29H31FN4O4. The zero-order valence-corrected chi connectivity index (χ0v) is 21.7. The maximum Gasteiger partial charge on any atom is 0.341 e. The van der Waals surface area contributed by atoms with E-state index in [1.807, 2.05) is 13.8 Å². The Morgan fingerprint density at radius 3 is 2.34 bits per heavy atom. The lowest BCUT2D eigenvalue weighted by Gasteiger charge is -2.32. The number of nitrogens with zero attached hydrogens (tertiary/aromatic N) is 4. The standard InChI is InChI=1S/C29H31FN4O4/c1-17(2)34(27(35)19-6-4-18(3)5-7-19)26-25(29(37)38)16-33(31-26)23-11-9-22(10-12-23)32-15-20-14-21(30)8-13-24(20)28(32)36/h8-14,16-19H,4-7,15H2,1-3H3,(H,37,38). The van der Waals surface area contributed by atoms with Crippen molar-refractivity contribution < 1.29 is 23.9 Å². The summed E-state index contributed by atoms with van der Waals surface area (Å²) in [6.45, 7) is 6.18. The predicted octanol–water partition coefficient (Wildman–Crippen LogP) is 5.44. The zero-order valence-electron chi connectivity index (χ0n) is 21.7. The van der Waals surface area contributed by atoms with Crippen LogP contribution in [0.4, 0.5) is 15.9 Å². The Morgan fingerprint density at radius 2 is 1.71 bits per heavy atom. The van der Waals surface area contributed by atoms with Crippen LogP contribution < -0.4 is 9.80 Å². The van der Waals surface area contributed by atoms with Crippen molar-refractivity contribution >= 4 is 29.3 Å². The monoisotopic (exact) mass is 518 g/mol. The summed E-state index contributed by atoms with van der Waals surface area (Å²) in [4.78, 5) is 41.6. The number of benzene rings is 2. The molecule has 198 valence electrons. The average Bonchev–Trinajstić information content (AvgIpc) is 3.46. The summed E-state index contributed by atoms with van der Waals surface area (Å²) < 4.78 is 15.1. The summed E-state index contributed by atoms with van der Waals surface area (Å²) in [6.07, 6.45) is 4.96. The van der Waals surface area contributed by atoms with Crippen molar-refractivity contribution in [3.8, 4) is 5.69 Å². The molecule has 1 aromatic heterocycles. The number of amides is 2. The summed E-state index contributed by atoms with van der Waals surface area (Å²) in [5.74, 6) is -1.25. The smallest absolute Gasteiger partial charge is 0.341 e. The Morgan fingerprint density at radius 1 is 1.05 bits per heavy atom. The summed E-state index contributed by atoms with van der Waals surface area (Å²) in [5, 5.41) is 14.5. The number of anilines is 2. The molecule has 1 N–H and O–H groups in total. The molecule has 0 atom stereocenters. The zero-order chi connectivity index (χ0) is 27.1. The van der Waals surface area contributed by atoms with E-state index in [4.69, 9.17) is 0 Å². The van der Waals surface area contributed by atoms with Crippen molar-refractivity contribution in [1.29, 1.82) is 0 Å². The topological polar surface area (TPSA) is 95.7 Å². The summed E-state index contributed by atoms with van der Waals surface area (Å²) in [6, 6.07) is 10.8. The third kappa shape index (κ3) is 4.68. The highest BCUT2D eigenvalue weighted by Gasteiger charge is 2.34. The predicted molar refractivity (Wildman–Crippen MR) is 141 cm³/mol. The van der Waals surface area contributed by atoms with Crippen molar-refractivity contribution in [3.05, 3.63) is 71.2 Å². The molecule has 1 saturated carbocycles. The Hall–Kier alpha value is -4.01. The highest BCUT2D eigenvalue weighted by molar-refractivity contribution is 6.10. The number of fused-ring (bicyclic) bond motifs is 1. The molecule has 2 amide bonds. The van der Waals surface area contributed by atoms with Crippen LogP contribution >= 0.6 is 0 Å². The van der Waals surface area contributed by atoms with Crippen LogP contribution in [0.1, 0.15) is 72.7 Å². The Balaban J connectivity index is 1.42. The van der Waals surface area contributed by atoms with E-state index in [1.54, 1.807) is 29.2 Å². The molecule has 3 aromatic rings. The van der Waals surface area contributed by atoms with E-state index >= 15 is 0 Å². The molecule has 9 heteroatoms. The SMILES string of the molecule is CC1CCC(C(=O)N(c2nn(-c3ccc(N4Cc5cc(F)ccc5C4=O)cc3)cc2C(=O)O)C(C)C)CC1. The second kappa shape index (κ2) is 10.0. The molecule has 2 heterocycles. The first-order chi connectivity index (χ1) is 18.1. The first kappa shape index (κ1) is 25.6. The third-order valence-electron chi connectivity index (χ3n) is 7.57. The van der Waals surface area contributed by atoms with Crippen LogP contribution in [0.3, 0.4) is 0 Å². The second-order valence-electron chi connectivity index (χ2n) is 10.6. The number of carboxylic acids is 1. The first-order valence-corrected chi connectivity index (χ1v) is 13.0. The van der Waals surface area contributed by atoms with Gasteiger partial charge in [0.25, 0.3) is 5.91 Å². The van der Waals surface area contributed by atoms with Gasteiger partial charge in [-0.3, -0.25) is 14.5 Å². The maximum atomic E-state index is 13.6. The minimum Gasteiger partial charge on any atom is -0.477 e. The van der Waals surface area contributed by atoms with E-state index in [0.29, 0.717) is 28.4 Å². The van der Waals surface area contributed by atoms with Gasteiger partial charge >= 0.3 is 5.97 Å². The van der Waals surface area contributed by atoms with Crippen LogP contribution in [-0.2, 0) is 11.3 Å². The minimum atomic E-state index is -1.16. The molecular weight excluding hydrogens is 487 g/mol. The first-order valence-electron chi connectivity index (χ1n) is 13.0. The van der Waals surface area contributed by atoms with Gasteiger partial charge in [-0.1, -0.05) is 6.92 Å². The molecule has 0 radical (unpaired) electrons. The van der Waals surface area contributed by atoms with Crippen LogP contribution in [0.5, 0.6) is 0 Å². The van der Waals surface area contributed by atoms with E-state index in [-0.39, 0.29) is 47.5 Å². The summed E-state index contributed by atoms with van der Waals surface area (Å²) in [7, 11) is 0. The number of hydrogen-bond donors (Lipinski definition) is 1. The molecule has 0 spiro atoms. The lowest BCUT2D eigenvalue weighted by Crippen LogP contribution is -2.43. The van der Waals surface area contributed by atoms with Gasteiger partial charge in [-0.25, -0.2) is 13.9 Å². The van der Waals surface area contributed by atoms with Crippen molar-refractivity contribution in [1.82, 2.24) is 9.78 Å². The van der Waals surface area contributed by atoms with E-state index < -0.39 is 5.97 Å². The molecule has 2 aliphatic rings. The summed E-state index contributed by atoms with van der Waals surface area (Å²) >= 11 is 0. The van der Waals surface area contributed by atoms with E-state index in [9.17, 15) is 23.9 Å². The quantitative estimate of drug-likeness (QED) is 0.469. The van der Waals surface area contributed by atoms with Crippen LogP contribution in [0.15, 0.2) is 48.7 Å². The van der Waals surface area contributed by atoms with Gasteiger partial charge in [0.2, 0.25) is 5.91 Å². The molecule has 8 nitrogen and oxygen atoms in total. The van der Waals surface area contributed by atoms with Crippen LogP contribution in [-0.4, -0.2) is 38.7 Å². The van der Waals surface area contributed by atoms with Gasteiger partial charge in [0.05, 0.1) is 12.2 Å². The summed E-state index contributed by atoms with van der Waals surface area (Å²) in [5.41, 5.74) is 2.27. The lowest BCUT2D eigenvalue weighted by molar-refractivity contribution is -0.124. The molecule has 2 aromatic carbocycles. The van der Waals surface area contributed by atoms with Crippen LogP contribution in [0, 0.1) is 17.7 Å². The Labute approximate surface area is 220 Å². The molecule has 38 heavy (non-hydrogen) atoms. The molecule has 5 rings (SSSR count). The minimum absolute atomic E-state index is 0.0486. The number of aromatic nitrogens is 2. The molecule has 0 saturated heterocycles. The van der Waals surface area contributed by atoms with Gasteiger partial charge in [-0.05, 0) is 93.5 Å². The molecule has 0 bridgehead atoms. The number of halogens is 1. The fourth-order valence-corrected chi connectivity index (χ4v) is 5.42. The van der Waals surface area contributed by atoms with Crippen LogP contribution in [0.25, 0.3) is 5.69 Å². The van der Waals surface area contributed by atoms with E-state index in [0.717, 1.165) is 25.7 Å². The molecule has 1 aliphatic heterocycles. The van der Waals surface area contributed by atoms with Crippen molar-refractivity contribution in [2.24, 2.45) is 11.8 Å². The molecule has 1 fully saturated rings. The van der Waals surface area contributed by atoms with Gasteiger partial charge in [0.15, 0.2) is 5.82 Å². The van der Waals surface area contributed by atoms with Gasteiger partial charge < -0.3 is 10.0 Å². The van der Waals surface area contributed by atoms with E-state index in [1.165, 1.54) is 34.0 Å². The van der Waals surface area contributed by atoms with Gasteiger partial charge in [0, 0.05) is 29.4 Å². The normalized spacial score (nSPS) is 19.1. The third-order valence-corrected chi connectivity index (χ3v) is 7.57. The average molecular weight is 519 g/mol. The van der Waals surface area contributed by atoms with Crippen molar-refractivity contribution in [2.45, 2.75) is 59.0 Å². The lowest BCUT2D eigenvalue weighted by atomic mass is 9.82. The Bertz CT molecular complexity index is 1390. The number of carboxylic acid groups (broad SMARTS) is 1. The number of rotatable bonds is 6. The molecule has 0 unspecified atom stereocenters. The molecule has 1 aliphatic carbocycles. The van der Waals surface area contributed by atoms with Crippen molar-refractivity contribution in [2.75, 3.05) is 9.80 Å².